The van der Waals surface area contributed by atoms with Gasteiger partial charge in [0.2, 0.25) is 0 Å². The first-order valence-corrected chi connectivity index (χ1v) is 8.03. The summed E-state index contributed by atoms with van der Waals surface area (Å²) in [7, 11) is 0. The van der Waals surface area contributed by atoms with Crippen LogP contribution in [-0.4, -0.2) is 52.4 Å². The van der Waals surface area contributed by atoms with E-state index in [0.29, 0.717) is 0 Å². The normalized spacial score (nSPS) is 23.5. The molecule has 4 atom stereocenters. The molecule has 12 nitrogen and oxygen atoms in total. The lowest BCUT2D eigenvalue weighted by atomic mass is 10.1. The first kappa shape index (κ1) is 20.8. The molecule has 2 heterocycles. The molecule has 0 aliphatic carbocycles. The predicted molar refractivity (Wildman–Crippen MR) is 87.7 cm³/mol. The van der Waals surface area contributed by atoms with Crippen LogP contribution < -0.4 is 11.2 Å². The van der Waals surface area contributed by atoms with E-state index < -0.39 is 59.3 Å². The van der Waals surface area contributed by atoms with Crippen molar-refractivity contribution in [2.45, 2.75) is 45.3 Å². The molecule has 1 saturated heterocycles. The lowest BCUT2D eigenvalue weighted by molar-refractivity contribution is -0.166. The Labute approximate surface area is 157 Å². The first-order valence-electron chi connectivity index (χ1n) is 8.03. The van der Waals surface area contributed by atoms with Gasteiger partial charge in [-0.3, -0.25) is 28.7 Å². The van der Waals surface area contributed by atoms with E-state index in [1.165, 1.54) is 0 Å². The molecule has 1 fully saturated rings. The van der Waals surface area contributed by atoms with Gasteiger partial charge in [0.1, 0.15) is 24.3 Å². The van der Waals surface area contributed by atoms with Crippen LogP contribution >= 0.6 is 0 Å². The number of carbonyl (C=O) groups is 3. The number of esters is 3. The summed E-state index contributed by atoms with van der Waals surface area (Å²) in [6, 6.07) is 1.62. The molecule has 0 amide bonds. The largest absolute Gasteiger partial charge is 0.463 e. The smallest absolute Gasteiger partial charge is 0.330 e. The summed E-state index contributed by atoms with van der Waals surface area (Å²) in [5, 5.41) is 9.02. The van der Waals surface area contributed by atoms with Crippen LogP contribution in [-0.2, 0) is 33.3 Å². The van der Waals surface area contributed by atoms with Crippen molar-refractivity contribution in [3.63, 3.8) is 0 Å². The quantitative estimate of drug-likeness (QED) is 0.469. The van der Waals surface area contributed by atoms with Crippen LogP contribution in [0.15, 0.2) is 15.8 Å². The zero-order chi connectivity index (χ0) is 21.0. The van der Waals surface area contributed by atoms with Gasteiger partial charge in [-0.25, -0.2) is 4.79 Å². The van der Waals surface area contributed by atoms with Gasteiger partial charge in [0.15, 0.2) is 18.4 Å². The molecular weight excluding hydrogens is 378 g/mol. The number of rotatable bonds is 5. The van der Waals surface area contributed by atoms with E-state index >= 15 is 0 Å². The number of H-pyrrole nitrogens is 1. The van der Waals surface area contributed by atoms with E-state index in [2.05, 4.69) is 0 Å². The monoisotopic (exact) mass is 395 g/mol. The molecule has 1 N–H and O–H groups in total. The van der Waals surface area contributed by atoms with E-state index in [-0.39, 0.29) is 6.61 Å². The summed E-state index contributed by atoms with van der Waals surface area (Å²) in [4.78, 5) is 59.9. The molecule has 0 spiro atoms. The third-order valence-electron chi connectivity index (χ3n) is 3.70. The highest BCUT2D eigenvalue weighted by atomic mass is 16.7. The van der Waals surface area contributed by atoms with Crippen LogP contribution in [0.4, 0.5) is 0 Å². The second-order valence-corrected chi connectivity index (χ2v) is 5.84. The van der Waals surface area contributed by atoms with Gasteiger partial charge in [0, 0.05) is 27.0 Å². The molecule has 0 saturated carbocycles. The molecule has 1 aliphatic heterocycles. The van der Waals surface area contributed by atoms with Gasteiger partial charge in [-0.05, 0) is 0 Å². The standard InChI is InChI=1S/C16H17N3O9/c1-7(20)25-6-11-12(26-8(2)21)13(27-9(3)22)15(28-11)19-5-10(4-17)14(23)18-16(19)24/h5,11-13,15H,6H2,1-3H3,(H,18,23,24)/t11-,12+,13-,15-/m1/s1. The van der Waals surface area contributed by atoms with Crippen molar-refractivity contribution < 1.29 is 33.3 Å². The molecule has 0 bridgehead atoms. The molecular formula is C16H17N3O9. The predicted octanol–water partition coefficient (Wildman–Crippen LogP) is -1.27. The third-order valence-corrected chi connectivity index (χ3v) is 3.70. The van der Waals surface area contributed by atoms with E-state index in [1.807, 2.05) is 4.98 Å². The number of nitrogens with zero attached hydrogens (tertiary/aromatic N) is 2. The Balaban J connectivity index is 2.51. The summed E-state index contributed by atoms with van der Waals surface area (Å²) >= 11 is 0. The Morgan fingerprint density at radius 1 is 1.14 bits per heavy atom. The molecule has 0 unspecified atom stereocenters. The summed E-state index contributed by atoms with van der Waals surface area (Å²) in [5.41, 5.74) is -2.24. The van der Waals surface area contributed by atoms with Crippen molar-refractivity contribution in [2.75, 3.05) is 6.61 Å². The molecule has 1 aromatic heterocycles. The van der Waals surface area contributed by atoms with Gasteiger partial charge in [-0.15, -0.1) is 0 Å². The molecule has 1 aliphatic rings. The minimum absolute atomic E-state index is 0.356. The van der Waals surface area contributed by atoms with Crippen LogP contribution in [0.5, 0.6) is 0 Å². The second-order valence-electron chi connectivity index (χ2n) is 5.84. The topological polar surface area (TPSA) is 167 Å². The Kier molecular flexibility index (Phi) is 6.32. The van der Waals surface area contributed by atoms with Crippen LogP contribution in [0, 0.1) is 11.3 Å². The first-order chi connectivity index (χ1) is 13.1. The Hall–Kier alpha value is -3.46. The summed E-state index contributed by atoms with van der Waals surface area (Å²) in [5.74, 6) is -2.13. The highest BCUT2D eigenvalue weighted by molar-refractivity contribution is 5.68. The van der Waals surface area contributed by atoms with Crippen molar-refractivity contribution in [2.24, 2.45) is 0 Å². The maximum absolute atomic E-state index is 12.2. The fraction of sp³-hybridized carbons (Fsp3) is 0.500. The van der Waals surface area contributed by atoms with E-state index in [0.717, 1.165) is 31.5 Å². The SMILES string of the molecule is CC(=O)OC[C@H]1O[C@@H](n2cc(C#N)c(=O)[nH]c2=O)[C@H](OC(C)=O)[C@H]1OC(C)=O. The molecule has 12 heteroatoms. The van der Waals surface area contributed by atoms with E-state index in [1.54, 1.807) is 6.07 Å². The molecule has 150 valence electrons. The van der Waals surface area contributed by atoms with Crippen molar-refractivity contribution >= 4 is 17.9 Å². The van der Waals surface area contributed by atoms with Crippen LogP contribution in [0.2, 0.25) is 0 Å². The number of hydrogen-bond acceptors (Lipinski definition) is 10. The minimum Gasteiger partial charge on any atom is -0.463 e. The van der Waals surface area contributed by atoms with Gasteiger partial charge < -0.3 is 18.9 Å². The number of nitrogens with one attached hydrogen (secondary N) is 1. The van der Waals surface area contributed by atoms with E-state index in [9.17, 15) is 24.0 Å². The average molecular weight is 395 g/mol. The van der Waals surface area contributed by atoms with Crippen LogP contribution in [0.3, 0.4) is 0 Å². The van der Waals surface area contributed by atoms with Crippen molar-refractivity contribution in [3.8, 4) is 6.07 Å². The maximum atomic E-state index is 12.2. The average Bonchev–Trinajstić information content (AvgIpc) is 2.89. The summed E-state index contributed by atoms with van der Waals surface area (Å²) < 4.78 is 21.7. The third kappa shape index (κ3) is 4.63. The lowest BCUT2D eigenvalue weighted by Crippen LogP contribution is -2.42. The minimum atomic E-state index is -1.36. The maximum Gasteiger partial charge on any atom is 0.330 e. The number of ether oxygens (including phenoxy) is 4. The van der Waals surface area contributed by atoms with E-state index in [4.69, 9.17) is 24.2 Å². The van der Waals surface area contributed by atoms with Crippen LogP contribution in [0.1, 0.15) is 32.6 Å². The number of carbonyl (C=O) groups excluding carboxylic acids is 3. The molecule has 28 heavy (non-hydrogen) atoms. The van der Waals surface area contributed by atoms with Crippen molar-refractivity contribution in [3.05, 3.63) is 32.6 Å². The zero-order valence-electron chi connectivity index (χ0n) is 15.2. The highest BCUT2D eigenvalue weighted by Gasteiger charge is 2.51. The number of aromatic amines is 1. The number of hydrogen-bond donors (Lipinski definition) is 1. The van der Waals surface area contributed by atoms with Crippen LogP contribution in [0.25, 0.3) is 0 Å². The molecule has 0 radical (unpaired) electrons. The number of aromatic nitrogens is 2. The Bertz CT molecular complexity index is 942. The van der Waals surface area contributed by atoms with Gasteiger partial charge in [-0.2, -0.15) is 5.26 Å². The highest BCUT2D eigenvalue weighted by Crippen LogP contribution is 2.33. The number of nitriles is 1. The molecule has 1 aromatic rings. The molecule has 0 aromatic carbocycles. The fourth-order valence-corrected chi connectivity index (χ4v) is 2.67. The zero-order valence-corrected chi connectivity index (χ0v) is 15.2. The fourth-order valence-electron chi connectivity index (χ4n) is 2.67. The lowest BCUT2D eigenvalue weighted by Gasteiger charge is -2.23. The van der Waals surface area contributed by atoms with Gasteiger partial charge in [0.05, 0.1) is 0 Å². The van der Waals surface area contributed by atoms with Gasteiger partial charge >= 0.3 is 23.6 Å². The van der Waals surface area contributed by atoms with Gasteiger partial charge in [-0.1, -0.05) is 0 Å². The summed E-state index contributed by atoms with van der Waals surface area (Å²) in [6.45, 7) is 3.01. The molecule has 2 rings (SSSR count). The second kappa shape index (κ2) is 8.49. The summed E-state index contributed by atoms with van der Waals surface area (Å²) in [6.07, 6.45) is -4.02. The van der Waals surface area contributed by atoms with Gasteiger partial charge in [0.25, 0.3) is 5.56 Å². The Morgan fingerprint density at radius 3 is 2.29 bits per heavy atom. The van der Waals surface area contributed by atoms with Crippen molar-refractivity contribution in [1.29, 1.82) is 5.26 Å². The Morgan fingerprint density at radius 2 is 1.75 bits per heavy atom. The van der Waals surface area contributed by atoms with Crippen molar-refractivity contribution in [1.82, 2.24) is 9.55 Å².